The molecule has 0 aliphatic heterocycles. The number of fused-ring (bicyclic) bond motifs is 1. The molecule has 0 saturated carbocycles. The van der Waals surface area contributed by atoms with Crippen LogP contribution in [-0.2, 0) is 0 Å². The van der Waals surface area contributed by atoms with Crippen LogP contribution in [0.5, 0.6) is 0 Å². The zero-order valence-electron chi connectivity index (χ0n) is 10.4. The number of benzene rings is 2. The molecule has 6 heteroatoms. The zero-order chi connectivity index (χ0) is 14.4. The van der Waals surface area contributed by atoms with E-state index in [1.807, 2.05) is 12.1 Å². The van der Waals surface area contributed by atoms with Gasteiger partial charge in [0.15, 0.2) is 10.6 Å². The summed E-state index contributed by atoms with van der Waals surface area (Å²) in [5, 5.41) is 0. The summed E-state index contributed by atoms with van der Waals surface area (Å²) in [7, 11) is 0. The number of aryl methyl sites for hydroxylation is 1. The first-order valence-electron chi connectivity index (χ1n) is 5.84. The second kappa shape index (κ2) is 4.92. The lowest BCUT2D eigenvalue weighted by molar-refractivity contribution is 0.564. The molecule has 0 radical (unpaired) electrons. The van der Waals surface area contributed by atoms with Crippen molar-refractivity contribution in [2.24, 2.45) is 0 Å². The maximum Gasteiger partial charge on any atom is 0.182 e. The van der Waals surface area contributed by atoms with Crippen molar-refractivity contribution in [1.82, 2.24) is 9.55 Å². The number of nitrogens with zero attached hydrogens (tertiary/aromatic N) is 1. The van der Waals surface area contributed by atoms with Gasteiger partial charge in [0.25, 0.3) is 0 Å². The van der Waals surface area contributed by atoms with Crippen LogP contribution in [0.4, 0.5) is 8.78 Å². The maximum absolute atomic E-state index is 14.3. The van der Waals surface area contributed by atoms with Gasteiger partial charge >= 0.3 is 0 Å². The van der Waals surface area contributed by atoms with E-state index in [9.17, 15) is 8.78 Å². The molecule has 1 N–H and O–H groups in total. The minimum absolute atomic E-state index is 0.137. The van der Waals surface area contributed by atoms with Gasteiger partial charge in [-0.1, -0.05) is 6.07 Å². The van der Waals surface area contributed by atoms with Gasteiger partial charge in [-0.15, -0.1) is 0 Å². The van der Waals surface area contributed by atoms with Crippen molar-refractivity contribution in [1.29, 1.82) is 0 Å². The summed E-state index contributed by atoms with van der Waals surface area (Å²) in [5.74, 6) is -1.23. The van der Waals surface area contributed by atoms with Gasteiger partial charge in [0.05, 0.1) is 11.0 Å². The number of imidazole rings is 1. The third-order valence-corrected chi connectivity index (χ3v) is 4.08. The molecule has 20 heavy (non-hydrogen) atoms. The van der Waals surface area contributed by atoms with E-state index in [0.29, 0.717) is 11.1 Å². The van der Waals surface area contributed by atoms with Crippen LogP contribution in [0.2, 0.25) is 0 Å². The summed E-state index contributed by atoms with van der Waals surface area (Å²) < 4.78 is 31.0. The molecule has 1 heterocycles. The van der Waals surface area contributed by atoms with E-state index < -0.39 is 11.6 Å². The predicted octanol–water partition coefficient (Wildman–Crippen LogP) is 4.88. The number of H-pyrrole nitrogens is 1. The molecule has 0 fully saturated rings. The number of aromatic amines is 1. The summed E-state index contributed by atoms with van der Waals surface area (Å²) in [6, 6.07) is 8.21. The number of hydrogen-bond donors (Lipinski definition) is 1. The van der Waals surface area contributed by atoms with Crippen LogP contribution in [0, 0.1) is 26.9 Å². The normalized spacial score (nSPS) is 11.2. The Labute approximate surface area is 132 Å². The summed E-state index contributed by atoms with van der Waals surface area (Å²) in [6.07, 6.45) is 0. The highest BCUT2D eigenvalue weighted by Gasteiger charge is 2.17. The zero-order valence-corrected chi connectivity index (χ0v) is 13.4. The molecule has 1 aromatic heterocycles. The fourth-order valence-corrected chi connectivity index (χ4v) is 2.94. The van der Waals surface area contributed by atoms with Gasteiger partial charge in [0.2, 0.25) is 0 Å². The second-order valence-corrected chi connectivity index (χ2v) is 6.09. The topological polar surface area (TPSA) is 20.7 Å². The van der Waals surface area contributed by atoms with Crippen molar-refractivity contribution in [2.75, 3.05) is 0 Å². The molecule has 0 atom stereocenters. The van der Waals surface area contributed by atoms with E-state index in [1.54, 1.807) is 13.0 Å². The molecule has 0 aliphatic carbocycles. The molecular formula is C14H9F2IN2S. The molecule has 0 aliphatic rings. The highest BCUT2D eigenvalue weighted by molar-refractivity contribution is 14.1. The average Bonchev–Trinajstić information content (AvgIpc) is 2.70. The summed E-state index contributed by atoms with van der Waals surface area (Å²) in [6.45, 7) is 1.60. The Bertz CT molecular complexity index is 883. The van der Waals surface area contributed by atoms with E-state index in [4.69, 9.17) is 12.2 Å². The van der Waals surface area contributed by atoms with E-state index in [1.165, 1.54) is 16.7 Å². The van der Waals surface area contributed by atoms with Crippen LogP contribution in [0.25, 0.3) is 16.7 Å². The monoisotopic (exact) mass is 402 g/mol. The minimum Gasteiger partial charge on any atom is -0.330 e. The number of nitrogens with one attached hydrogen (secondary N) is 1. The fourth-order valence-electron chi connectivity index (χ4n) is 2.15. The lowest BCUT2D eigenvalue weighted by atomic mass is 10.2. The van der Waals surface area contributed by atoms with E-state index in [-0.39, 0.29) is 10.5 Å². The molecule has 2 nitrogen and oxygen atoms in total. The summed E-state index contributed by atoms with van der Waals surface area (Å²) >= 11 is 7.38. The molecule has 0 amide bonds. The number of hydrogen-bond acceptors (Lipinski definition) is 1. The Morgan fingerprint density at radius 2 is 1.95 bits per heavy atom. The van der Waals surface area contributed by atoms with Gasteiger partial charge in [-0.2, -0.15) is 0 Å². The standard InChI is InChI=1S/C14H9F2IN2S/c1-7-2-4-9(15)13(12(7)16)19-11-5-3-8(17)6-10(11)18-14(19)20/h2-6H,1H3,(H,18,20). The Balaban J connectivity index is 2.44. The fraction of sp³-hybridized carbons (Fsp3) is 0.0714. The van der Waals surface area contributed by atoms with Crippen LogP contribution < -0.4 is 0 Å². The van der Waals surface area contributed by atoms with Crippen LogP contribution >= 0.6 is 34.8 Å². The van der Waals surface area contributed by atoms with Crippen molar-refractivity contribution < 1.29 is 8.78 Å². The minimum atomic E-state index is -0.636. The van der Waals surface area contributed by atoms with Crippen molar-refractivity contribution >= 4 is 45.8 Å². The van der Waals surface area contributed by atoms with Crippen molar-refractivity contribution in [3.63, 3.8) is 0 Å². The van der Waals surface area contributed by atoms with Gasteiger partial charge in [-0.3, -0.25) is 4.57 Å². The van der Waals surface area contributed by atoms with Crippen LogP contribution in [0.15, 0.2) is 30.3 Å². The first kappa shape index (κ1) is 13.7. The maximum atomic E-state index is 14.3. The smallest absolute Gasteiger partial charge is 0.182 e. The summed E-state index contributed by atoms with van der Waals surface area (Å²) in [5.41, 5.74) is 1.65. The van der Waals surface area contributed by atoms with Gasteiger partial charge in [-0.25, -0.2) is 8.78 Å². The molecule has 0 unspecified atom stereocenters. The second-order valence-electron chi connectivity index (χ2n) is 4.45. The lowest BCUT2D eigenvalue weighted by Gasteiger charge is -2.09. The lowest BCUT2D eigenvalue weighted by Crippen LogP contribution is -2.03. The van der Waals surface area contributed by atoms with Crippen molar-refractivity contribution in [2.45, 2.75) is 6.92 Å². The number of aromatic nitrogens is 2. The van der Waals surface area contributed by atoms with Gasteiger partial charge in [0.1, 0.15) is 11.5 Å². The SMILES string of the molecule is Cc1ccc(F)c(-n2c(=S)[nH]c3cc(I)ccc32)c1F. The van der Waals surface area contributed by atoms with Crippen LogP contribution in [-0.4, -0.2) is 9.55 Å². The first-order chi connectivity index (χ1) is 9.49. The van der Waals surface area contributed by atoms with Gasteiger partial charge in [-0.05, 0) is 71.6 Å². The molecular weight excluding hydrogens is 393 g/mol. The Morgan fingerprint density at radius 3 is 2.70 bits per heavy atom. The Morgan fingerprint density at radius 1 is 1.20 bits per heavy atom. The van der Waals surface area contributed by atoms with Gasteiger partial charge < -0.3 is 4.98 Å². The Hall–Kier alpha value is -1.28. The average molecular weight is 402 g/mol. The largest absolute Gasteiger partial charge is 0.330 e. The molecule has 3 aromatic rings. The number of halogens is 3. The quantitative estimate of drug-likeness (QED) is 0.455. The summed E-state index contributed by atoms with van der Waals surface area (Å²) in [4.78, 5) is 2.98. The van der Waals surface area contributed by atoms with E-state index in [2.05, 4.69) is 27.6 Å². The highest BCUT2D eigenvalue weighted by Crippen LogP contribution is 2.26. The molecule has 0 saturated heterocycles. The van der Waals surface area contributed by atoms with Crippen molar-refractivity contribution in [3.05, 3.63) is 55.9 Å². The third kappa shape index (κ3) is 2.07. The Kier molecular flexibility index (Phi) is 3.37. The number of rotatable bonds is 1. The van der Waals surface area contributed by atoms with E-state index >= 15 is 0 Å². The van der Waals surface area contributed by atoms with E-state index in [0.717, 1.165) is 9.09 Å². The third-order valence-electron chi connectivity index (χ3n) is 3.13. The molecule has 3 rings (SSSR count). The molecule has 0 spiro atoms. The van der Waals surface area contributed by atoms with Crippen molar-refractivity contribution in [3.8, 4) is 5.69 Å². The highest BCUT2D eigenvalue weighted by atomic mass is 127. The molecule has 2 aromatic carbocycles. The van der Waals surface area contributed by atoms with Crippen LogP contribution in [0.3, 0.4) is 0 Å². The molecule has 102 valence electrons. The first-order valence-corrected chi connectivity index (χ1v) is 7.33. The predicted molar refractivity (Wildman–Crippen MR) is 85.8 cm³/mol. The van der Waals surface area contributed by atoms with Crippen LogP contribution in [0.1, 0.15) is 5.56 Å². The van der Waals surface area contributed by atoms with Gasteiger partial charge in [0, 0.05) is 3.57 Å². The molecule has 0 bridgehead atoms.